The van der Waals surface area contributed by atoms with E-state index in [-0.39, 0.29) is 5.82 Å². The number of hydrogen-bond donors (Lipinski definition) is 2. The van der Waals surface area contributed by atoms with Crippen molar-refractivity contribution in [2.45, 2.75) is 39.7 Å². The van der Waals surface area contributed by atoms with Crippen molar-refractivity contribution in [3.8, 4) is 11.3 Å². The van der Waals surface area contributed by atoms with Gasteiger partial charge in [0.15, 0.2) is 0 Å². The van der Waals surface area contributed by atoms with Gasteiger partial charge in [-0.1, -0.05) is 38.6 Å². The van der Waals surface area contributed by atoms with E-state index in [0.29, 0.717) is 18.1 Å². The van der Waals surface area contributed by atoms with Crippen LogP contribution in [0.4, 0.5) is 15.9 Å². The van der Waals surface area contributed by atoms with Gasteiger partial charge in [-0.15, -0.1) is 0 Å². The topological polar surface area (TPSA) is 54.2 Å². The first-order valence-corrected chi connectivity index (χ1v) is 11.3. The maximum Gasteiger partial charge on any atom is 0.140 e. The number of imidazole rings is 1. The Morgan fingerprint density at radius 2 is 2.03 bits per heavy atom. The third-order valence-corrected chi connectivity index (χ3v) is 6.20. The molecule has 0 bridgehead atoms. The fourth-order valence-electron chi connectivity index (χ4n) is 4.29. The fourth-order valence-corrected chi connectivity index (χ4v) is 4.29. The van der Waals surface area contributed by atoms with Crippen LogP contribution in [0.2, 0.25) is 0 Å². The molecule has 5 nitrogen and oxygen atoms in total. The molecule has 6 heteroatoms. The zero-order valence-corrected chi connectivity index (χ0v) is 19.6. The van der Waals surface area contributed by atoms with Crippen LogP contribution in [0.5, 0.6) is 0 Å². The summed E-state index contributed by atoms with van der Waals surface area (Å²) in [6.45, 7) is 11.2. The number of nitrogens with zero attached hydrogens (tertiary/aromatic N) is 3. The number of hydrogen-bond acceptors (Lipinski definition) is 4. The highest BCUT2D eigenvalue weighted by Gasteiger charge is 2.17. The van der Waals surface area contributed by atoms with E-state index in [0.717, 1.165) is 46.0 Å². The van der Waals surface area contributed by atoms with Gasteiger partial charge in [0, 0.05) is 41.3 Å². The number of pyridine rings is 2. The number of fused-ring (bicyclic) bond motifs is 1. The van der Waals surface area contributed by atoms with Gasteiger partial charge >= 0.3 is 0 Å². The third kappa shape index (κ3) is 4.39. The first-order chi connectivity index (χ1) is 16.0. The molecule has 0 aliphatic heterocycles. The average Bonchev–Trinajstić information content (AvgIpc) is 3.22. The zero-order valence-electron chi connectivity index (χ0n) is 19.6. The van der Waals surface area contributed by atoms with Crippen LogP contribution in [-0.4, -0.2) is 21.4 Å². The molecule has 4 aromatic rings. The number of halogens is 1. The molecular weight excluding hydrogens is 413 g/mol. The normalized spacial score (nSPS) is 12.2. The molecule has 170 valence electrons. The number of aromatic nitrogens is 3. The molecule has 1 atom stereocenters. The van der Waals surface area contributed by atoms with Crippen LogP contribution in [0.1, 0.15) is 48.6 Å². The van der Waals surface area contributed by atoms with Crippen LogP contribution >= 0.6 is 0 Å². The quantitative estimate of drug-likeness (QED) is 0.328. The van der Waals surface area contributed by atoms with Gasteiger partial charge in [-0.2, -0.15) is 0 Å². The first kappa shape index (κ1) is 22.7. The van der Waals surface area contributed by atoms with Crippen molar-refractivity contribution in [3.05, 3.63) is 83.6 Å². The lowest BCUT2D eigenvalue weighted by molar-refractivity contribution is 0.626. The molecule has 0 amide bonds. The zero-order chi connectivity index (χ0) is 23.5. The molecule has 0 saturated carbocycles. The summed E-state index contributed by atoms with van der Waals surface area (Å²) in [6.07, 6.45) is 6.44. The Morgan fingerprint density at radius 3 is 2.73 bits per heavy atom. The summed E-state index contributed by atoms with van der Waals surface area (Å²) >= 11 is 0. The van der Waals surface area contributed by atoms with Gasteiger partial charge in [-0.05, 0) is 55.6 Å². The highest BCUT2D eigenvalue weighted by molar-refractivity contribution is 5.81. The summed E-state index contributed by atoms with van der Waals surface area (Å²) in [5, 5.41) is 6.75. The van der Waals surface area contributed by atoms with Crippen molar-refractivity contribution >= 4 is 23.2 Å². The summed E-state index contributed by atoms with van der Waals surface area (Å²) < 4.78 is 15.6. The summed E-state index contributed by atoms with van der Waals surface area (Å²) in [5.41, 5.74) is 7.81. The van der Waals surface area contributed by atoms with Gasteiger partial charge in [-0.25, -0.2) is 14.4 Å². The van der Waals surface area contributed by atoms with Crippen LogP contribution < -0.4 is 10.6 Å². The van der Waals surface area contributed by atoms with Crippen molar-refractivity contribution in [2.24, 2.45) is 0 Å². The van der Waals surface area contributed by atoms with Crippen LogP contribution in [0.15, 0.2) is 55.4 Å². The van der Waals surface area contributed by atoms with Crippen molar-refractivity contribution < 1.29 is 4.39 Å². The largest absolute Gasteiger partial charge is 0.340 e. The molecule has 2 N–H and O–H groups in total. The molecule has 0 fully saturated rings. The maximum atomic E-state index is 13.7. The van der Waals surface area contributed by atoms with E-state index in [1.165, 1.54) is 17.7 Å². The van der Waals surface area contributed by atoms with Crippen molar-refractivity contribution in [2.75, 3.05) is 12.4 Å². The van der Waals surface area contributed by atoms with Crippen molar-refractivity contribution in [1.29, 1.82) is 0 Å². The van der Waals surface area contributed by atoms with Gasteiger partial charge in [0.2, 0.25) is 0 Å². The highest BCUT2D eigenvalue weighted by Crippen LogP contribution is 2.34. The molecule has 3 heterocycles. The van der Waals surface area contributed by atoms with Gasteiger partial charge in [0.25, 0.3) is 0 Å². The lowest BCUT2D eigenvalue weighted by Gasteiger charge is -2.19. The minimum Gasteiger partial charge on any atom is -0.340 e. The standard InChI is InChI=1S/C27H30FN5/c1-6-17(3)21-9-11-26(31-18(21)4)32-24-10-8-22(23(15-29-5)20(24)7-2)25-16-30-27-14-19(28)12-13-33(25)27/h7-14,16-17,29H,2,6,15H2,1,3-5H3,(H,31,32). The molecule has 33 heavy (non-hydrogen) atoms. The minimum absolute atomic E-state index is 0.302. The van der Waals surface area contributed by atoms with E-state index in [1.807, 2.05) is 29.7 Å². The van der Waals surface area contributed by atoms with Gasteiger partial charge < -0.3 is 10.6 Å². The Morgan fingerprint density at radius 1 is 1.21 bits per heavy atom. The number of aryl methyl sites for hydroxylation is 1. The summed E-state index contributed by atoms with van der Waals surface area (Å²) in [6, 6.07) is 11.2. The lowest BCUT2D eigenvalue weighted by Crippen LogP contribution is -2.10. The van der Waals surface area contributed by atoms with Gasteiger partial charge in [0.1, 0.15) is 17.3 Å². The average molecular weight is 444 g/mol. The van der Waals surface area contributed by atoms with E-state index < -0.39 is 0 Å². The smallest absolute Gasteiger partial charge is 0.140 e. The Bertz CT molecular complexity index is 1310. The Balaban J connectivity index is 1.77. The second-order valence-electron chi connectivity index (χ2n) is 8.31. The molecule has 1 unspecified atom stereocenters. The predicted octanol–water partition coefficient (Wildman–Crippen LogP) is 6.46. The van der Waals surface area contributed by atoms with Crippen LogP contribution in [-0.2, 0) is 6.54 Å². The van der Waals surface area contributed by atoms with Crippen molar-refractivity contribution in [3.63, 3.8) is 0 Å². The highest BCUT2D eigenvalue weighted by atomic mass is 19.1. The summed E-state index contributed by atoms with van der Waals surface area (Å²) in [5.74, 6) is 0.982. The lowest BCUT2D eigenvalue weighted by atomic mass is 9.96. The van der Waals surface area contributed by atoms with Crippen molar-refractivity contribution in [1.82, 2.24) is 19.7 Å². The SMILES string of the molecule is C=Cc1c(Nc2ccc(C(C)CC)c(C)n2)ccc(-c2cnc3cc(F)ccn23)c1CNC. The van der Waals surface area contributed by atoms with E-state index in [2.05, 4.69) is 55.1 Å². The number of anilines is 2. The molecule has 4 rings (SSSR count). The predicted molar refractivity (Wildman–Crippen MR) is 134 cm³/mol. The maximum absolute atomic E-state index is 13.7. The Hall–Kier alpha value is -3.51. The van der Waals surface area contributed by atoms with Gasteiger partial charge in [-0.3, -0.25) is 4.40 Å². The molecule has 0 saturated heterocycles. The molecule has 1 aromatic carbocycles. The van der Waals surface area contributed by atoms with E-state index in [9.17, 15) is 4.39 Å². The van der Waals surface area contributed by atoms with E-state index in [1.54, 1.807) is 12.4 Å². The molecular formula is C27H30FN5. The summed E-state index contributed by atoms with van der Waals surface area (Å²) in [7, 11) is 1.92. The third-order valence-electron chi connectivity index (χ3n) is 6.20. The van der Waals surface area contributed by atoms with Crippen LogP contribution in [0.25, 0.3) is 23.0 Å². The molecule has 0 aliphatic rings. The Kier molecular flexibility index (Phi) is 6.56. The molecule has 3 aromatic heterocycles. The molecule has 0 spiro atoms. The second kappa shape index (κ2) is 9.55. The fraction of sp³-hybridized carbons (Fsp3) is 0.259. The first-order valence-electron chi connectivity index (χ1n) is 11.3. The van der Waals surface area contributed by atoms with Crippen LogP contribution in [0, 0.1) is 12.7 Å². The second-order valence-corrected chi connectivity index (χ2v) is 8.31. The number of benzene rings is 1. The monoisotopic (exact) mass is 443 g/mol. The number of nitrogens with one attached hydrogen (secondary N) is 2. The minimum atomic E-state index is -0.302. The van der Waals surface area contributed by atoms with E-state index >= 15 is 0 Å². The molecule has 0 radical (unpaired) electrons. The Labute approximate surface area is 194 Å². The summed E-state index contributed by atoms with van der Waals surface area (Å²) in [4.78, 5) is 9.19. The van der Waals surface area contributed by atoms with Crippen LogP contribution in [0.3, 0.4) is 0 Å². The van der Waals surface area contributed by atoms with Gasteiger partial charge in [0.05, 0.1) is 11.9 Å². The molecule has 0 aliphatic carbocycles. The number of rotatable bonds is 8. The van der Waals surface area contributed by atoms with E-state index in [4.69, 9.17) is 4.98 Å².